The zero-order valence-corrected chi connectivity index (χ0v) is 15.5. The maximum atomic E-state index is 11.9. The molecule has 0 bridgehead atoms. The summed E-state index contributed by atoms with van der Waals surface area (Å²) in [4.78, 5) is 13.7. The van der Waals surface area contributed by atoms with Crippen molar-refractivity contribution in [1.29, 1.82) is 5.26 Å². The van der Waals surface area contributed by atoms with E-state index in [1.165, 1.54) is 11.3 Å². The number of hydrogen-bond donors (Lipinski definition) is 2. The summed E-state index contributed by atoms with van der Waals surface area (Å²) >= 11 is 1.49. The molecule has 0 fully saturated rings. The van der Waals surface area contributed by atoms with Crippen molar-refractivity contribution in [3.8, 4) is 6.07 Å². The van der Waals surface area contributed by atoms with Gasteiger partial charge in [0, 0.05) is 23.5 Å². The second-order valence-corrected chi connectivity index (χ2v) is 7.74. The largest absolute Gasteiger partial charge is 0.444 e. The fourth-order valence-corrected chi connectivity index (χ4v) is 2.92. The summed E-state index contributed by atoms with van der Waals surface area (Å²) in [6.07, 6.45) is 1.37. The molecule has 1 aromatic rings. The fourth-order valence-electron chi connectivity index (χ4n) is 2.18. The van der Waals surface area contributed by atoms with Gasteiger partial charge in [-0.15, -0.1) is 11.3 Å². The Morgan fingerprint density at radius 1 is 1.30 bits per heavy atom. The molecule has 1 rings (SSSR count). The van der Waals surface area contributed by atoms with Crippen LogP contribution in [-0.4, -0.2) is 23.8 Å². The number of carbonyl (C=O) groups excluding carboxylic acids is 1. The first-order chi connectivity index (χ1) is 10.7. The van der Waals surface area contributed by atoms with Crippen LogP contribution in [0.2, 0.25) is 0 Å². The van der Waals surface area contributed by atoms with Gasteiger partial charge in [-0.1, -0.05) is 13.8 Å². The van der Waals surface area contributed by atoms with E-state index in [-0.39, 0.29) is 5.54 Å². The SMILES string of the molecule is CCC(CC)(CNC(=O)OC(C)(C)C)NCc1ccc(C#N)s1. The van der Waals surface area contributed by atoms with Crippen LogP contribution < -0.4 is 10.6 Å². The number of hydrogen-bond acceptors (Lipinski definition) is 5. The fraction of sp³-hybridized carbons (Fsp3) is 0.647. The van der Waals surface area contributed by atoms with Gasteiger partial charge < -0.3 is 15.4 Å². The summed E-state index contributed by atoms with van der Waals surface area (Å²) in [6, 6.07) is 5.95. The van der Waals surface area contributed by atoms with Crippen LogP contribution in [0.25, 0.3) is 0 Å². The number of rotatable bonds is 7. The lowest BCUT2D eigenvalue weighted by atomic mass is 9.92. The lowest BCUT2D eigenvalue weighted by Gasteiger charge is -2.33. The van der Waals surface area contributed by atoms with E-state index in [0.29, 0.717) is 18.0 Å². The molecule has 128 valence electrons. The van der Waals surface area contributed by atoms with E-state index in [1.807, 2.05) is 32.9 Å². The van der Waals surface area contributed by atoms with Crippen LogP contribution in [0.1, 0.15) is 57.2 Å². The molecular weight excluding hydrogens is 310 g/mol. The van der Waals surface area contributed by atoms with Crippen molar-refractivity contribution in [3.63, 3.8) is 0 Å². The second kappa shape index (κ2) is 8.32. The van der Waals surface area contributed by atoms with E-state index < -0.39 is 11.7 Å². The van der Waals surface area contributed by atoms with Crippen molar-refractivity contribution in [1.82, 2.24) is 10.6 Å². The Kier molecular flexibility index (Phi) is 7.04. The predicted molar refractivity (Wildman–Crippen MR) is 93.4 cm³/mol. The van der Waals surface area contributed by atoms with E-state index in [4.69, 9.17) is 10.00 Å². The summed E-state index contributed by atoms with van der Waals surface area (Å²) in [5.41, 5.74) is -0.684. The Bertz CT molecular complexity index is 551. The van der Waals surface area contributed by atoms with Crippen LogP contribution >= 0.6 is 11.3 Å². The summed E-state index contributed by atoms with van der Waals surface area (Å²) < 4.78 is 5.29. The second-order valence-electron chi connectivity index (χ2n) is 6.57. The lowest BCUT2D eigenvalue weighted by Crippen LogP contribution is -2.53. The molecule has 0 saturated heterocycles. The highest BCUT2D eigenvalue weighted by molar-refractivity contribution is 7.12. The van der Waals surface area contributed by atoms with E-state index in [2.05, 4.69) is 30.6 Å². The van der Waals surface area contributed by atoms with Gasteiger partial charge >= 0.3 is 6.09 Å². The minimum atomic E-state index is -0.497. The number of nitrogens with one attached hydrogen (secondary N) is 2. The molecule has 2 N–H and O–H groups in total. The zero-order valence-electron chi connectivity index (χ0n) is 14.7. The van der Waals surface area contributed by atoms with Gasteiger partial charge in [0.2, 0.25) is 0 Å². The van der Waals surface area contributed by atoms with E-state index >= 15 is 0 Å². The molecule has 0 aliphatic heterocycles. The van der Waals surface area contributed by atoms with Gasteiger partial charge in [-0.05, 0) is 45.7 Å². The van der Waals surface area contributed by atoms with E-state index in [0.717, 1.165) is 17.7 Å². The standard InChI is InChI=1S/C17H27N3O2S/c1-6-17(7-2,12-19-15(21)22-16(3,4)5)20-11-14-9-8-13(10-18)23-14/h8-9,20H,6-7,11-12H2,1-5H3,(H,19,21). The smallest absolute Gasteiger partial charge is 0.407 e. The number of carbonyl (C=O) groups is 1. The molecule has 0 spiro atoms. The van der Waals surface area contributed by atoms with Crippen molar-refractivity contribution in [2.45, 2.75) is 65.1 Å². The van der Waals surface area contributed by atoms with Gasteiger partial charge in [-0.25, -0.2) is 4.79 Å². The summed E-state index contributed by atoms with van der Waals surface area (Å²) in [5.74, 6) is 0. The Hall–Kier alpha value is -1.58. The zero-order chi connectivity index (χ0) is 17.5. The first-order valence-electron chi connectivity index (χ1n) is 7.94. The van der Waals surface area contributed by atoms with Crippen molar-refractivity contribution >= 4 is 17.4 Å². The Morgan fingerprint density at radius 2 is 1.96 bits per heavy atom. The number of amides is 1. The minimum Gasteiger partial charge on any atom is -0.444 e. The van der Waals surface area contributed by atoms with Crippen molar-refractivity contribution in [3.05, 3.63) is 21.9 Å². The predicted octanol–water partition coefficient (Wildman–Crippen LogP) is 3.79. The molecule has 0 aliphatic carbocycles. The Labute approximate surface area is 143 Å². The van der Waals surface area contributed by atoms with Crippen LogP contribution in [-0.2, 0) is 11.3 Å². The van der Waals surface area contributed by atoms with Gasteiger partial charge in [0.25, 0.3) is 0 Å². The summed E-state index contributed by atoms with van der Waals surface area (Å²) in [5, 5.41) is 15.3. The number of nitriles is 1. The van der Waals surface area contributed by atoms with Gasteiger partial charge in [-0.2, -0.15) is 5.26 Å². The molecule has 1 aromatic heterocycles. The molecule has 23 heavy (non-hydrogen) atoms. The molecule has 0 saturated carbocycles. The van der Waals surface area contributed by atoms with Crippen LogP contribution in [0.4, 0.5) is 4.79 Å². The van der Waals surface area contributed by atoms with Crippen LogP contribution in [0.15, 0.2) is 12.1 Å². The molecule has 5 nitrogen and oxygen atoms in total. The van der Waals surface area contributed by atoms with E-state index in [9.17, 15) is 4.79 Å². The molecule has 0 aliphatic rings. The Morgan fingerprint density at radius 3 is 2.43 bits per heavy atom. The third-order valence-electron chi connectivity index (χ3n) is 3.73. The molecule has 6 heteroatoms. The first-order valence-corrected chi connectivity index (χ1v) is 8.76. The molecule has 0 unspecified atom stereocenters. The minimum absolute atomic E-state index is 0.187. The molecule has 0 atom stereocenters. The van der Waals surface area contributed by atoms with Crippen LogP contribution in [0, 0.1) is 11.3 Å². The number of ether oxygens (including phenoxy) is 1. The van der Waals surface area contributed by atoms with Crippen molar-refractivity contribution < 1.29 is 9.53 Å². The molecule has 1 heterocycles. The summed E-state index contributed by atoms with van der Waals surface area (Å²) in [6.45, 7) is 10.9. The molecule has 0 aromatic carbocycles. The normalized spacial score (nSPS) is 11.8. The molecule has 0 radical (unpaired) electrons. The van der Waals surface area contributed by atoms with Crippen molar-refractivity contribution in [2.75, 3.05) is 6.54 Å². The third kappa shape index (κ3) is 6.59. The monoisotopic (exact) mass is 337 g/mol. The van der Waals surface area contributed by atoms with Crippen LogP contribution in [0.5, 0.6) is 0 Å². The average molecular weight is 337 g/mol. The lowest BCUT2D eigenvalue weighted by molar-refractivity contribution is 0.0507. The summed E-state index contributed by atoms with van der Waals surface area (Å²) in [7, 11) is 0. The first kappa shape index (κ1) is 19.5. The molecular formula is C17H27N3O2S. The van der Waals surface area contributed by atoms with Gasteiger partial charge in [0.15, 0.2) is 0 Å². The Balaban J connectivity index is 2.60. The number of alkyl carbamates (subject to hydrolysis) is 1. The number of thiophene rings is 1. The van der Waals surface area contributed by atoms with Gasteiger partial charge in [-0.3, -0.25) is 0 Å². The van der Waals surface area contributed by atoms with Crippen LogP contribution in [0.3, 0.4) is 0 Å². The highest BCUT2D eigenvalue weighted by atomic mass is 32.1. The van der Waals surface area contributed by atoms with Crippen molar-refractivity contribution in [2.24, 2.45) is 0 Å². The maximum Gasteiger partial charge on any atom is 0.407 e. The van der Waals surface area contributed by atoms with Gasteiger partial charge in [0.1, 0.15) is 16.5 Å². The third-order valence-corrected chi connectivity index (χ3v) is 4.72. The quantitative estimate of drug-likeness (QED) is 0.794. The number of nitrogens with zero attached hydrogens (tertiary/aromatic N) is 1. The highest BCUT2D eigenvalue weighted by Gasteiger charge is 2.27. The molecule has 1 amide bonds. The maximum absolute atomic E-state index is 11.9. The highest BCUT2D eigenvalue weighted by Crippen LogP contribution is 2.19. The van der Waals surface area contributed by atoms with E-state index in [1.54, 1.807) is 0 Å². The van der Waals surface area contributed by atoms with Gasteiger partial charge in [0.05, 0.1) is 0 Å². The topological polar surface area (TPSA) is 74.2 Å². The average Bonchev–Trinajstić information content (AvgIpc) is 2.94.